The van der Waals surface area contributed by atoms with E-state index >= 15 is 0 Å². The van der Waals surface area contributed by atoms with Crippen molar-refractivity contribution < 1.29 is 53.8 Å². The molecule has 0 rings (SSSR count). The van der Waals surface area contributed by atoms with Gasteiger partial charge in [0.2, 0.25) is 0 Å². The summed E-state index contributed by atoms with van der Waals surface area (Å²) in [6.45, 7) is 3.65. The lowest BCUT2D eigenvalue weighted by Crippen LogP contribution is -2.61. The molecule has 0 amide bonds. The number of ether oxygens (including phenoxy) is 2. The summed E-state index contributed by atoms with van der Waals surface area (Å²) in [4.78, 5) is 9.82. The van der Waals surface area contributed by atoms with Crippen LogP contribution in [0.1, 0.15) is 13.8 Å². The fourth-order valence-electron chi connectivity index (χ4n) is 0.692. The quantitative estimate of drug-likeness (QED) is 0.580. The largest absolute Gasteiger partial charge is 0.466 e. The molecular weight excluding hydrogens is 327 g/mol. The van der Waals surface area contributed by atoms with Crippen molar-refractivity contribution >= 4 is 5.97 Å². The summed E-state index contributed by atoms with van der Waals surface area (Å²) in [6.07, 6.45) is -12.7. The van der Waals surface area contributed by atoms with E-state index in [1.54, 1.807) is 6.92 Å². The van der Waals surface area contributed by atoms with Gasteiger partial charge < -0.3 is 9.47 Å². The summed E-state index contributed by atoms with van der Waals surface area (Å²) < 4.78 is 113. The molecular formula is C9H11F9O3. The van der Waals surface area contributed by atoms with Gasteiger partial charge in [-0.05, 0) is 6.92 Å². The second-order valence-electron chi connectivity index (χ2n) is 3.29. The van der Waals surface area contributed by atoms with Crippen LogP contribution in [-0.2, 0) is 14.3 Å². The summed E-state index contributed by atoms with van der Waals surface area (Å²) in [6, 6.07) is 0. The molecule has 0 unspecified atom stereocenters. The van der Waals surface area contributed by atoms with E-state index in [0.717, 1.165) is 0 Å². The van der Waals surface area contributed by atoms with Gasteiger partial charge in [0, 0.05) is 14.0 Å². The van der Waals surface area contributed by atoms with E-state index in [1.807, 2.05) is 0 Å². The molecule has 12 heteroatoms. The Morgan fingerprint density at radius 2 is 1.29 bits per heavy atom. The van der Waals surface area contributed by atoms with Crippen molar-refractivity contribution in [3.8, 4) is 0 Å². The second-order valence-corrected chi connectivity index (χ2v) is 3.29. The van der Waals surface area contributed by atoms with Gasteiger partial charge in [0.05, 0.1) is 6.61 Å². The molecule has 0 aromatic rings. The van der Waals surface area contributed by atoms with Crippen LogP contribution in [0.15, 0.2) is 0 Å². The molecule has 0 aromatic carbocycles. The first-order valence-corrected chi connectivity index (χ1v) is 4.97. The fraction of sp³-hybridized carbons (Fsp3) is 0.889. The predicted octanol–water partition coefficient (Wildman–Crippen LogP) is 3.63. The molecule has 0 aliphatic heterocycles. The number of rotatable bonds is 4. The van der Waals surface area contributed by atoms with E-state index in [9.17, 15) is 44.3 Å². The van der Waals surface area contributed by atoms with Crippen LogP contribution in [0.4, 0.5) is 39.5 Å². The average molecular weight is 338 g/mol. The first-order chi connectivity index (χ1) is 9.08. The van der Waals surface area contributed by atoms with Crippen molar-refractivity contribution in [2.24, 2.45) is 0 Å². The zero-order valence-corrected chi connectivity index (χ0v) is 10.8. The maximum Gasteiger partial charge on any atom is 0.460 e. The van der Waals surface area contributed by atoms with Crippen LogP contribution in [-0.4, -0.2) is 43.8 Å². The molecule has 3 nitrogen and oxygen atoms in total. The number of methoxy groups -OCH3 is 1. The first-order valence-electron chi connectivity index (χ1n) is 4.97. The molecule has 0 radical (unpaired) electrons. The van der Waals surface area contributed by atoms with E-state index in [0.29, 0.717) is 6.61 Å². The van der Waals surface area contributed by atoms with E-state index in [4.69, 9.17) is 0 Å². The van der Waals surface area contributed by atoms with Gasteiger partial charge in [-0.1, -0.05) is 0 Å². The third kappa shape index (κ3) is 5.25. The molecule has 0 N–H and O–H groups in total. The summed E-state index contributed by atoms with van der Waals surface area (Å²) in [7, 11) is -0.125. The van der Waals surface area contributed by atoms with E-state index in [-0.39, 0.29) is 13.1 Å². The molecule has 0 aromatic heterocycles. The van der Waals surface area contributed by atoms with Gasteiger partial charge in [0.1, 0.15) is 0 Å². The average Bonchev–Trinajstić information content (AvgIpc) is 2.27. The maximum absolute atomic E-state index is 12.1. The minimum Gasteiger partial charge on any atom is -0.466 e. The third-order valence-electron chi connectivity index (χ3n) is 1.72. The minimum atomic E-state index is -6.89. The Morgan fingerprint density at radius 1 is 0.905 bits per heavy atom. The lowest BCUT2D eigenvalue weighted by molar-refractivity contribution is -0.440. The summed E-state index contributed by atoms with van der Waals surface area (Å²) in [5.74, 6) is -13.8. The van der Waals surface area contributed by atoms with Gasteiger partial charge in [-0.3, -0.25) is 4.79 Å². The number of esters is 1. The van der Waals surface area contributed by atoms with Crippen molar-refractivity contribution in [3.05, 3.63) is 0 Å². The van der Waals surface area contributed by atoms with Crippen molar-refractivity contribution in [3.63, 3.8) is 0 Å². The Morgan fingerprint density at radius 3 is 1.43 bits per heavy atom. The van der Waals surface area contributed by atoms with Crippen LogP contribution < -0.4 is 0 Å². The fourth-order valence-corrected chi connectivity index (χ4v) is 0.692. The van der Waals surface area contributed by atoms with Crippen molar-refractivity contribution in [2.45, 2.75) is 38.0 Å². The maximum atomic E-state index is 12.1. The smallest absolute Gasteiger partial charge is 0.460 e. The van der Waals surface area contributed by atoms with E-state index in [2.05, 4.69) is 9.47 Å². The zero-order valence-electron chi connectivity index (χ0n) is 10.8. The molecule has 0 fully saturated rings. The van der Waals surface area contributed by atoms with Gasteiger partial charge in [-0.25, -0.2) is 0 Å². The molecule has 128 valence electrons. The summed E-state index contributed by atoms with van der Waals surface area (Å²) in [5.41, 5.74) is 0. The van der Waals surface area contributed by atoms with Gasteiger partial charge in [0.25, 0.3) is 0 Å². The Kier molecular flexibility index (Phi) is 7.55. The standard InChI is InChI=1S/C5H3F9O.C4H8O2/c1-15-5(13,14)3(8,9)2(6,7)4(10,11)12;1-3-6-4(2)5/h1H3;3H2,1-2H3. The Labute approximate surface area is 113 Å². The Balaban J connectivity index is 0. The molecule has 0 atom stereocenters. The SMILES string of the molecule is CCOC(C)=O.COC(F)(F)C(F)(F)C(F)(F)C(F)(F)F. The highest BCUT2D eigenvalue weighted by Gasteiger charge is 2.82. The van der Waals surface area contributed by atoms with Crippen molar-refractivity contribution in [1.29, 1.82) is 0 Å². The normalized spacial score (nSPS) is 13.3. The number of hydrogen-bond acceptors (Lipinski definition) is 3. The van der Waals surface area contributed by atoms with Crippen LogP contribution in [0, 0.1) is 0 Å². The Bertz CT molecular complexity index is 338. The van der Waals surface area contributed by atoms with Gasteiger partial charge >= 0.3 is 30.1 Å². The number of hydrogen-bond donors (Lipinski definition) is 0. The molecule has 0 aliphatic rings. The van der Waals surface area contributed by atoms with Gasteiger partial charge in [-0.2, -0.15) is 39.5 Å². The van der Waals surface area contributed by atoms with Crippen LogP contribution in [0.3, 0.4) is 0 Å². The minimum absolute atomic E-state index is 0.125. The van der Waals surface area contributed by atoms with Crippen LogP contribution in [0.2, 0.25) is 0 Å². The number of carbonyl (C=O) groups excluding carboxylic acids is 1. The number of halogens is 9. The van der Waals surface area contributed by atoms with Crippen LogP contribution >= 0.6 is 0 Å². The molecule has 0 saturated heterocycles. The van der Waals surface area contributed by atoms with E-state index in [1.165, 1.54) is 6.92 Å². The lowest BCUT2D eigenvalue weighted by atomic mass is 10.1. The summed E-state index contributed by atoms with van der Waals surface area (Å²) in [5, 5.41) is 0. The Hall–Kier alpha value is -1.20. The number of alkyl halides is 9. The summed E-state index contributed by atoms with van der Waals surface area (Å²) >= 11 is 0. The van der Waals surface area contributed by atoms with Gasteiger partial charge in [0.15, 0.2) is 0 Å². The second kappa shape index (κ2) is 7.18. The molecule has 0 heterocycles. The van der Waals surface area contributed by atoms with Crippen LogP contribution in [0.25, 0.3) is 0 Å². The number of carbonyl (C=O) groups is 1. The van der Waals surface area contributed by atoms with Crippen LogP contribution in [0.5, 0.6) is 0 Å². The van der Waals surface area contributed by atoms with Gasteiger partial charge in [-0.15, -0.1) is 0 Å². The monoisotopic (exact) mass is 338 g/mol. The zero-order chi connectivity index (χ0) is 17.7. The highest BCUT2D eigenvalue weighted by molar-refractivity contribution is 5.65. The van der Waals surface area contributed by atoms with E-state index < -0.39 is 24.1 Å². The highest BCUT2D eigenvalue weighted by atomic mass is 19.4. The van der Waals surface area contributed by atoms with Crippen molar-refractivity contribution in [2.75, 3.05) is 13.7 Å². The predicted molar refractivity (Wildman–Crippen MR) is 50.2 cm³/mol. The molecule has 0 aliphatic carbocycles. The lowest BCUT2D eigenvalue weighted by Gasteiger charge is -2.32. The third-order valence-corrected chi connectivity index (χ3v) is 1.72. The highest BCUT2D eigenvalue weighted by Crippen LogP contribution is 2.53. The topological polar surface area (TPSA) is 35.5 Å². The molecule has 0 bridgehead atoms. The first kappa shape index (κ1) is 22.1. The molecule has 0 saturated carbocycles. The molecule has 0 spiro atoms. The molecule has 21 heavy (non-hydrogen) atoms. The van der Waals surface area contributed by atoms with Crippen molar-refractivity contribution in [1.82, 2.24) is 0 Å².